The molecule has 0 spiro atoms. The number of esters is 1. The van der Waals surface area contributed by atoms with Gasteiger partial charge in [-0.1, -0.05) is 18.7 Å². The van der Waals surface area contributed by atoms with Crippen LogP contribution in [0.2, 0.25) is 0 Å². The van der Waals surface area contributed by atoms with Gasteiger partial charge in [-0.3, -0.25) is 0 Å². The first-order valence-electron chi connectivity index (χ1n) is 3.87. The van der Waals surface area contributed by atoms with Crippen LogP contribution in [-0.4, -0.2) is 17.9 Å². The van der Waals surface area contributed by atoms with Crippen LogP contribution in [0.5, 0.6) is 0 Å². The van der Waals surface area contributed by atoms with Gasteiger partial charge in [-0.25, -0.2) is 4.79 Å². The molecule has 0 saturated carbocycles. The quantitative estimate of drug-likeness (QED) is 0.267. The van der Waals surface area contributed by atoms with E-state index in [1.807, 2.05) is 12.2 Å². The Kier molecular flexibility index (Phi) is 1.38. The van der Waals surface area contributed by atoms with Crippen LogP contribution in [-0.2, 0) is 14.3 Å². The van der Waals surface area contributed by atoms with Gasteiger partial charge in [-0.15, -0.1) is 0 Å². The Morgan fingerprint density at radius 1 is 1.83 bits per heavy atom. The molecule has 12 heavy (non-hydrogen) atoms. The summed E-state index contributed by atoms with van der Waals surface area (Å²) in [6, 6.07) is 0. The first-order chi connectivity index (χ1) is 5.64. The zero-order chi connectivity index (χ0) is 8.77. The van der Waals surface area contributed by atoms with Gasteiger partial charge in [0.2, 0.25) is 5.79 Å². The zero-order valence-corrected chi connectivity index (χ0v) is 6.87. The van der Waals surface area contributed by atoms with E-state index in [4.69, 9.17) is 9.47 Å². The van der Waals surface area contributed by atoms with E-state index in [1.54, 1.807) is 6.92 Å². The Morgan fingerprint density at radius 2 is 2.58 bits per heavy atom. The minimum Gasteiger partial charge on any atom is -0.426 e. The number of carbonyl (C=O) groups is 1. The highest BCUT2D eigenvalue weighted by molar-refractivity contribution is 5.87. The van der Waals surface area contributed by atoms with E-state index in [9.17, 15) is 4.79 Å². The zero-order valence-electron chi connectivity index (χ0n) is 6.87. The topological polar surface area (TPSA) is 38.8 Å². The fourth-order valence-electron chi connectivity index (χ4n) is 1.25. The second kappa shape index (κ2) is 2.20. The van der Waals surface area contributed by atoms with E-state index < -0.39 is 5.79 Å². The van der Waals surface area contributed by atoms with Gasteiger partial charge in [0, 0.05) is 12.0 Å². The van der Waals surface area contributed by atoms with Crippen molar-refractivity contribution >= 4 is 5.97 Å². The van der Waals surface area contributed by atoms with Crippen LogP contribution < -0.4 is 0 Å². The Labute approximate surface area is 70.7 Å². The van der Waals surface area contributed by atoms with E-state index in [0.717, 1.165) is 0 Å². The second-order valence-electron chi connectivity index (χ2n) is 3.15. The van der Waals surface area contributed by atoms with Crippen LogP contribution in [0.4, 0.5) is 0 Å². The van der Waals surface area contributed by atoms with Crippen LogP contribution in [0, 0.1) is 0 Å². The van der Waals surface area contributed by atoms with Gasteiger partial charge in [-0.2, -0.15) is 0 Å². The lowest BCUT2D eigenvalue weighted by molar-refractivity contribution is -0.153. The van der Waals surface area contributed by atoms with E-state index in [0.29, 0.717) is 12.0 Å². The van der Waals surface area contributed by atoms with Crippen molar-refractivity contribution < 1.29 is 14.3 Å². The fraction of sp³-hybridized carbons (Fsp3) is 0.444. The number of ether oxygens (including phenoxy) is 2. The maximum atomic E-state index is 11.1. The summed E-state index contributed by atoms with van der Waals surface area (Å²) in [6.45, 7) is 5.12. The molecule has 0 bridgehead atoms. The maximum Gasteiger partial charge on any atom is 0.335 e. The number of fused-ring (bicyclic) bond motifs is 1. The number of rotatable bonds is 2. The van der Waals surface area contributed by atoms with Crippen molar-refractivity contribution in [3.05, 3.63) is 24.3 Å². The van der Waals surface area contributed by atoms with Crippen molar-refractivity contribution in [2.75, 3.05) is 0 Å². The van der Waals surface area contributed by atoms with E-state index in [-0.39, 0.29) is 12.1 Å². The summed E-state index contributed by atoms with van der Waals surface area (Å²) in [5, 5.41) is 0. The molecule has 0 aromatic heterocycles. The van der Waals surface area contributed by atoms with Crippen LogP contribution in [0.25, 0.3) is 0 Å². The van der Waals surface area contributed by atoms with Crippen LogP contribution >= 0.6 is 0 Å². The molecule has 0 aromatic rings. The summed E-state index contributed by atoms with van der Waals surface area (Å²) in [6.07, 6.45) is 4.52. The highest BCUT2D eigenvalue weighted by atomic mass is 16.8. The third-order valence-corrected chi connectivity index (χ3v) is 2.03. The largest absolute Gasteiger partial charge is 0.426 e. The van der Waals surface area contributed by atoms with Crippen molar-refractivity contribution in [1.29, 1.82) is 0 Å². The lowest BCUT2D eigenvalue weighted by Crippen LogP contribution is -2.21. The summed E-state index contributed by atoms with van der Waals surface area (Å²) in [4.78, 5) is 11.1. The summed E-state index contributed by atoms with van der Waals surface area (Å²) in [5.74, 6) is -1.03. The average molecular weight is 166 g/mol. The van der Waals surface area contributed by atoms with Gasteiger partial charge < -0.3 is 9.47 Å². The molecule has 0 N–H and O–H groups in total. The Balaban J connectivity index is 1.97. The van der Waals surface area contributed by atoms with Crippen LogP contribution in [0.1, 0.15) is 13.3 Å². The maximum absolute atomic E-state index is 11.1. The van der Waals surface area contributed by atoms with Gasteiger partial charge in [0.05, 0.1) is 0 Å². The molecule has 1 aliphatic carbocycles. The minimum atomic E-state index is -0.657. The van der Waals surface area contributed by atoms with Crippen molar-refractivity contribution in [3.8, 4) is 0 Å². The van der Waals surface area contributed by atoms with Gasteiger partial charge in [0.25, 0.3) is 0 Å². The standard InChI is InChI=1S/C9H10O3/c1-6(2)8(10)12-9-5-3-4-7(9)11-9/h3-4,7H,1,5H2,2H3. The number of epoxide rings is 1. The molecule has 0 radical (unpaired) electrons. The molecule has 1 aliphatic heterocycles. The molecule has 64 valence electrons. The lowest BCUT2D eigenvalue weighted by Gasteiger charge is -2.09. The molecule has 2 aliphatic rings. The summed E-state index contributed by atoms with van der Waals surface area (Å²) in [5.41, 5.74) is 0.408. The Morgan fingerprint density at radius 3 is 3.00 bits per heavy atom. The summed E-state index contributed by atoms with van der Waals surface area (Å²) >= 11 is 0. The molecule has 0 aromatic carbocycles. The molecule has 1 fully saturated rings. The number of carbonyl (C=O) groups excluding carboxylic acids is 1. The molecule has 3 heteroatoms. The van der Waals surface area contributed by atoms with Crippen molar-refractivity contribution in [2.45, 2.75) is 25.2 Å². The van der Waals surface area contributed by atoms with Crippen LogP contribution in [0.3, 0.4) is 0 Å². The predicted octanol–water partition coefficient (Wildman–Crippen LogP) is 1.16. The minimum absolute atomic E-state index is 0.0131. The van der Waals surface area contributed by atoms with Gasteiger partial charge in [-0.05, 0) is 6.92 Å². The van der Waals surface area contributed by atoms with E-state index >= 15 is 0 Å². The molecule has 3 nitrogen and oxygen atoms in total. The monoisotopic (exact) mass is 166 g/mol. The highest BCUT2D eigenvalue weighted by Crippen LogP contribution is 2.46. The van der Waals surface area contributed by atoms with Gasteiger partial charge in [0.1, 0.15) is 6.10 Å². The van der Waals surface area contributed by atoms with Gasteiger partial charge >= 0.3 is 5.97 Å². The third-order valence-electron chi connectivity index (χ3n) is 2.03. The average Bonchev–Trinajstić information content (AvgIpc) is 2.53. The molecular formula is C9H10O3. The first-order valence-corrected chi connectivity index (χ1v) is 3.87. The van der Waals surface area contributed by atoms with Crippen molar-refractivity contribution in [2.24, 2.45) is 0 Å². The molecule has 2 atom stereocenters. The molecule has 2 unspecified atom stereocenters. The Hall–Kier alpha value is -1.09. The fourth-order valence-corrected chi connectivity index (χ4v) is 1.25. The molecule has 0 amide bonds. The first kappa shape index (κ1) is 7.55. The predicted molar refractivity (Wildman–Crippen MR) is 42.3 cm³/mol. The third kappa shape index (κ3) is 0.975. The van der Waals surface area contributed by atoms with Crippen molar-refractivity contribution in [3.63, 3.8) is 0 Å². The number of hydrogen-bond acceptors (Lipinski definition) is 3. The molecule has 2 rings (SSSR count). The van der Waals surface area contributed by atoms with Gasteiger partial charge in [0.15, 0.2) is 0 Å². The number of hydrogen-bond donors (Lipinski definition) is 0. The normalized spacial score (nSPS) is 35.9. The smallest absolute Gasteiger partial charge is 0.335 e. The van der Waals surface area contributed by atoms with Crippen LogP contribution in [0.15, 0.2) is 24.3 Å². The van der Waals surface area contributed by atoms with Crippen molar-refractivity contribution in [1.82, 2.24) is 0 Å². The second-order valence-corrected chi connectivity index (χ2v) is 3.15. The molecular weight excluding hydrogens is 156 g/mol. The SMILES string of the molecule is C=C(C)C(=O)OC12CC=CC1O2. The summed E-state index contributed by atoms with van der Waals surface area (Å²) < 4.78 is 10.3. The molecule has 1 heterocycles. The highest BCUT2D eigenvalue weighted by Gasteiger charge is 2.61. The lowest BCUT2D eigenvalue weighted by atomic mass is 10.3. The molecule has 1 saturated heterocycles. The van der Waals surface area contributed by atoms with E-state index in [2.05, 4.69) is 6.58 Å². The van der Waals surface area contributed by atoms with E-state index in [1.165, 1.54) is 0 Å². The Bertz CT molecular complexity index is 279. The summed E-state index contributed by atoms with van der Waals surface area (Å²) in [7, 11) is 0.